The molecule has 1 atom stereocenters. The van der Waals surface area contributed by atoms with Gasteiger partial charge in [0.15, 0.2) is 0 Å². The first-order chi connectivity index (χ1) is 16.2. The number of benzene rings is 2. The average Bonchev–Trinajstić information content (AvgIpc) is 3.10. The quantitative estimate of drug-likeness (QED) is 0.493. The van der Waals surface area contributed by atoms with Crippen molar-refractivity contribution in [2.75, 3.05) is 14.1 Å². The monoisotopic (exact) mass is 498 g/mol. The Kier molecular flexibility index (Phi) is 7.77. The van der Waals surface area contributed by atoms with Crippen molar-refractivity contribution in [3.05, 3.63) is 59.4 Å². The molecule has 7 nitrogen and oxygen atoms in total. The predicted molar refractivity (Wildman–Crippen MR) is 141 cm³/mol. The second-order valence-electron chi connectivity index (χ2n) is 10.7. The van der Waals surface area contributed by atoms with E-state index >= 15 is 0 Å². The van der Waals surface area contributed by atoms with Crippen LogP contribution in [0.5, 0.6) is 0 Å². The van der Waals surface area contributed by atoms with E-state index in [1.165, 1.54) is 24.0 Å². The highest BCUT2D eigenvalue weighted by molar-refractivity contribution is 7.89. The van der Waals surface area contributed by atoms with E-state index < -0.39 is 10.0 Å². The van der Waals surface area contributed by atoms with Crippen molar-refractivity contribution in [3.63, 3.8) is 0 Å². The third-order valence-electron chi connectivity index (χ3n) is 6.42. The molecule has 0 bridgehead atoms. The molecule has 8 heteroatoms. The minimum atomic E-state index is -3.54. The summed E-state index contributed by atoms with van der Waals surface area (Å²) in [6.45, 7) is 10.8. The largest absolute Gasteiger partial charge is 0.349 e. The Morgan fingerprint density at radius 1 is 1.09 bits per heavy atom. The minimum absolute atomic E-state index is 0.0356. The van der Waals surface area contributed by atoms with Gasteiger partial charge >= 0.3 is 0 Å². The van der Waals surface area contributed by atoms with Crippen molar-refractivity contribution < 1.29 is 13.2 Å². The molecule has 1 aromatic heterocycles. The Morgan fingerprint density at radius 2 is 1.71 bits per heavy atom. The fraction of sp³-hybridized carbons (Fsp3) is 0.481. The van der Waals surface area contributed by atoms with Gasteiger partial charge in [0.05, 0.1) is 22.0 Å². The second kappa shape index (κ2) is 10.1. The van der Waals surface area contributed by atoms with Crippen molar-refractivity contribution in [3.8, 4) is 0 Å². The molecule has 0 saturated carbocycles. The van der Waals surface area contributed by atoms with Gasteiger partial charge in [-0.2, -0.15) is 0 Å². The lowest BCUT2D eigenvalue weighted by molar-refractivity contribution is -0.122. The van der Waals surface area contributed by atoms with E-state index in [9.17, 15) is 13.2 Å². The van der Waals surface area contributed by atoms with Crippen molar-refractivity contribution in [2.24, 2.45) is 13.0 Å². The van der Waals surface area contributed by atoms with Crippen molar-refractivity contribution in [1.29, 1.82) is 0 Å². The Hall–Kier alpha value is -2.71. The molecule has 0 aliphatic heterocycles. The maximum Gasteiger partial charge on any atom is 0.242 e. The van der Waals surface area contributed by atoms with Crippen molar-refractivity contribution in [2.45, 2.75) is 63.8 Å². The molecule has 1 amide bonds. The highest BCUT2D eigenvalue weighted by Gasteiger charge is 2.22. The Balaban J connectivity index is 1.73. The van der Waals surface area contributed by atoms with Gasteiger partial charge in [-0.05, 0) is 40.7 Å². The molecule has 0 spiro atoms. The van der Waals surface area contributed by atoms with Crippen LogP contribution < -0.4 is 5.32 Å². The summed E-state index contributed by atoms with van der Waals surface area (Å²) in [6, 6.07) is 13.4. The van der Waals surface area contributed by atoms with Crippen LogP contribution >= 0.6 is 0 Å². The molecule has 3 rings (SSSR count). The molecular formula is C27H38N4O3S. The third-order valence-corrected chi connectivity index (χ3v) is 8.23. The molecule has 3 aromatic rings. The fourth-order valence-corrected chi connectivity index (χ4v) is 5.04. The van der Waals surface area contributed by atoms with Gasteiger partial charge in [0, 0.05) is 34.0 Å². The molecule has 190 valence electrons. The molecular weight excluding hydrogens is 460 g/mol. The summed E-state index contributed by atoms with van der Waals surface area (Å²) in [4.78, 5) is 17.7. The van der Waals surface area contributed by atoms with E-state index in [1.807, 2.05) is 11.6 Å². The van der Waals surface area contributed by atoms with Crippen LogP contribution in [0.3, 0.4) is 0 Å². The Labute approximate surface area is 209 Å². The van der Waals surface area contributed by atoms with Gasteiger partial charge in [0.1, 0.15) is 5.82 Å². The number of amides is 1. The lowest BCUT2D eigenvalue weighted by Crippen LogP contribution is -2.32. The minimum Gasteiger partial charge on any atom is -0.349 e. The number of carbonyl (C=O) groups excluding carboxylic acids is 1. The summed E-state index contributed by atoms with van der Waals surface area (Å²) < 4.78 is 28.0. The van der Waals surface area contributed by atoms with Crippen LogP contribution in [0.4, 0.5) is 0 Å². The molecule has 0 radical (unpaired) electrons. The number of carbonyl (C=O) groups is 1. The van der Waals surface area contributed by atoms with E-state index in [2.05, 4.69) is 69.2 Å². The zero-order valence-electron chi connectivity index (χ0n) is 22.1. The summed E-state index contributed by atoms with van der Waals surface area (Å²) in [5, 5.41) is 3.20. The van der Waals surface area contributed by atoms with Gasteiger partial charge in [-0.1, -0.05) is 58.9 Å². The van der Waals surface area contributed by atoms with Gasteiger partial charge in [0.25, 0.3) is 0 Å². The zero-order valence-corrected chi connectivity index (χ0v) is 22.9. The SMILES string of the molecule is CC(C)C(NC(=O)CCc1nc2cc(S(=O)(=O)N(C)C)ccc2n1C)c1ccc(C(C)(C)C)cc1. The topological polar surface area (TPSA) is 84.3 Å². The summed E-state index contributed by atoms with van der Waals surface area (Å²) in [6.07, 6.45) is 0.754. The molecule has 0 aliphatic carbocycles. The number of aryl methyl sites for hydroxylation is 2. The number of imidazole rings is 1. The molecule has 1 N–H and O–H groups in total. The van der Waals surface area contributed by atoms with E-state index in [-0.39, 0.29) is 28.2 Å². The average molecular weight is 499 g/mol. The maximum atomic E-state index is 12.9. The lowest BCUT2D eigenvalue weighted by Gasteiger charge is -2.25. The van der Waals surface area contributed by atoms with Gasteiger partial charge in [-0.15, -0.1) is 0 Å². The summed E-state index contributed by atoms with van der Waals surface area (Å²) in [5.74, 6) is 0.948. The number of hydrogen-bond acceptors (Lipinski definition) is 4. The number of nitrogens with one attached hydrogen (secondary N) is 1. The van der Waals surface area contributed by atoms with Gasteiger partial charge in [-0.3, -0.25) is 4.79 Å². The van der Waals surface area contributed by atoms with E-state index in [0.717, 1.165) is 16.9 Å². The molecule has 0 fully saturated rings. The fourth-order valence-electron chi connectivity index (χ4n) is 4.12. The highest BCUT2D eigenvalue weighted by Crippen LogP contribution is 2.27. The standard InChI is InChI=1S/C27H38N4O3S/c1-18(2)26(19-9-11-20(12-10-19)27(3,4)5)29-25(32)16-15-24-28-22-17-21(35(33,34)30(6)7)13-14-23(22)31(24)8/h9-14,17-18,26H,15-16H2,1-8H3,(H,29,32). The Bertz CT molecular complexity index is 1300. The number of sulfonamides is 1. The lowest BCUT2D eigenvalue weighted by atomic mass is 9.85. The van der Waals surface area contributed by atoms with Gasteiger partial charge in [-0.25, -0.2) is 17.7 Å². The Morgan fingerprint density at radius 3 is 2.26 bits per heavy atom. The van der Waals surface area contributed by atoms with E-state index in [1.54, 1.807) is 18.2 Å². The van der Waals surface area contributed by atoms with Crippen LogP contribution in [0.15, 0.2) is 47.4 Å². The zero-order chi connectivity index (χ0) is 26.1. The third kappa shape index (κ3) is 5.93. The van der Waals surface area contributed by atoms with Gasteiger partial charge in [0.2, 0.25) is 15.9 Å². The summed E-state index contributed by atoms with van der Waals surface area (Å²) in [7, 11) is 1.36. The predicted octanol–water partition coefficient (Wildman–Crippen LogP) is 4.57. The van der Waals surface area contributed by atoms with Crippen LogP contribution in [0, 0.1) is 5.92 Å². The second-order valence-corrected chi connectivity index (χ2v) is 12.8. The summed E-state index contributed by atoms with van der Waals surface area (Å²) in [5.41, 5.74) is 3.87. The number of fused-ring (bicyclic) bond motifs is 1. The van der Waals surface area contributed by atoms with Crippen LogP contribution in [0.1, 0.15) is 64.0 Å². The number of hydrogen-bond donors (Lipinski definition) is 1. The normalized spacial score (nSPS) is 13.5. The van der Waals surface area contributed by atoms with Crippen LogP contribution in [-0.4, -0.2) is 42.3 Å². The molecule has 35 heavy (non-hydrogen) atoms. The van der Waals surface area contributed by atoms with E-state index in [4.69, 9.17) is 0 Å². The number of aromatic nitrogens is 2. The smallest absolute Gasteiger partial charge is 0.242 e. The first-order valence-electron chi connectivity index (χ1n) is 12.0. The summed E-state index contributed by atoms with van der Waals surface area (Å²) >= 11 is 0. The molecule has 0 aliphatic rings. The number of nitrogens with zero attached hydrogens (tertiary/aromatic N) is 3. The molecule has 0 saturated heterocycles. The van der Waals surface area contributed by atoms with Crippen LogP contribution in [-0.2, 0) is 33.7 Å². The first-order valence-corrected chi connectivity index (χ1v) is 13.4. The van der Waals surface area contributed by atoms with Gasteiger partial charge < -0.3 is 9.88 Å². The molecule has 1 unspecified atom stereocenters. The molecule has 2 aromatic carbocycles. The van der Waals surface area contributed by atoms with Crippen LogP contribution in [0.25, 0.3) is 11.0 Å². The molecule has 1 heterocycles. The first kappa shape index (κ1) is 26.9. The van der Waals surface area contributed by atoms with Crippen molar-refractivity contribution in [1.82, 2.24) is 19.2 Å². The maximum absolute atomic E-state index is 12.9. The van der Waals surface area contributed by atoms with Crippen LogP contribution in [0.2, 0.25) is 0 Å². The van der Waals surface area contributed by atoms with E-state index in [0.29, 0.717) is 18.4 Å². The highest BCUT2D eigenvalue weighted by atomic mass is 32.2. The number of rotatable bonds is 8. The van der Waals surface area contributed by atoms with Crippen molar-refractivity contribution >= 4 is 27.0 Å².